The van der Waals surface area contributed by atoms with Crippen molar-refractivity contribution in [1.29, 1.82) is 0 Å². The molecule has 0 radical (unpaired) electrons. The molecule has 1 aliphatic heterocycles. The number of hydrogen-bond acceptors (Lipinski definition) is 6. The average molecular weight is 387 g/mol. The van der Waals surface area contributed by atoms with Gasteiger partial charge in [-0.2, -0.15) is 0 Å². The summed E-state index contributed by atoms with van der Waals surface area (Å²) in [5.74, 6) is 1.30. The van der Waals surface area contributed by atoms with Gasteiger partial charge in [-0.3, -0.25) is 9.69 Å². The van der Waals surface area contributed by atoms with Crippen molar-refractivity contribution < 1.29 is 13.6 Å². The van der Waals surface area contributed by atoms with E-state index in [1.54, 1.807) is 29.2 Å². The molecule has 0 N–H and O–H groups in total. The van der Waals surface area contributed by atoms with E-state index in [0.717, 1.165) is 18.7 Å². The van der Waals surface area contributed by atoms with Crippen LogP contribution in [0.25, 0.3) is 11.5 Å². The van der Waals surface area contributed by atoms with Crippen molar-refractivity contribution in [2.75, 3.05) is 26.2 Å². The number of carbonyl (C=O) groups excluding carboxylic acids is 1. The third-order valence-corrected chi connectivity index (χ3v) is 4.99. The first-order chi connectivity index (χ1) is 13.1. The number of nitrogens with zero attached hydrogens (tertiary/aromatic N) is 4. The van der Waals surface area contributed by atoms with Gasteiger partial charge in [-0.25, -0.2) is 0 Å². The zero-order valence-corrected chi connectivity index (χ0v) is 15.6. The van der Waals surface area contributed by atoms with E-state index in [1.165, 1.54) is 6.26 Å². The summed E-state index contributed by atoms with van der Waals surface area (Å²) in [6.07, 6.45) is 1.51. The number of carbonyl (C=O) groups is 1. The molecule has 1 aromatic carbocycles. The summed E-state index contributed by atoms with van der Waals surface area (Å²) in [6.45, 7) is 4.72. The lowest BCUT2D eigenvalue weighted by atomic mass is 10.2. The van der Waals surface area contributed by atoms with Crippen LogP contribution in [0.5, 0.6) is 0 Å². The van der Waals surface area contributed by atoms with E-state index >= 15 is 0 Å². The maximum Gasteiger partial charge on any atom is 0.289 e. The van der Waals surface area contributed by atoms with Crippen molar-refractivity contribution in [3.05, 3.63) is 59.3 Å². The van der Waals surface area contributed by atoms with E-state index in [0.29, 0.717) is 35.7 Å². The van der Waals surface area contributed by atoms with Crippen LogP contribution in [0.2, 0.25) is 5.02 Å². The summed E-state index contributed by atoms with van der Waals surface area (Å²) in [4.78, 5) is 16.4. The molecule has 7 nitrogen and oxygen atoms in total. The van der Waals surface area contributed by atoms with E-state index in [-0.39, 0.29) is 11.9 Å². The fraction of sp³-hybridized carbons (Fsp3) is 0.316. The van der Waals surface area contributed by atoms with Gasteiger partial charge in [-0.1, -0.05) is 17.7 Å². The van der Waals surface area contributed by atoms with E-state index in [2.05, 4.69) is 15.1 Å². The molecule has 1 saturated heterocycles. The molecule has 1 atom stereocenters. The molecule has 0 aliphatic carbocycles. The highest BCUT2D eigenvalue weighted by Gasteiger charge is 2.28. The van der Waals surface area contributed by atoms with Crippen LogP contribution >= 0.6 is 11.6 Å². The molecule has 2 aromatic heterocycles. The fourth-order valence-corrected chi connectivity index (χ4v) is 3.36. The molecule has 0 bridgehead atoms. The van der Waals surface area contributed by atoms with Gasteiger partial charge in [0, 0.05) is 36.8 Å². The fourth-order valence-electron chi connectivity index (χ4n) is 3.17. The minimum Gasteiger partial charge on any atom is -0.459 e. The van der Waals surface area contributed by atoms with E-state index in [4.69, 9.17) is 20.4 Å². The van der Waals surface area contributed by atoms with Crippen molar-refractivity contribution in [3.8, 4) is 11.5 Å². The van der Waals surface area contributed by atoms with Gasteiger partial charge < -0.3 is 13.7 Å². The molecule has 0 spiro atoms. The van der Waals surface area contributed by atoms with Crippen LogP contribution in [0.4, 0.5) is 0 Å². The third kappa shape index (κ3) is 3.74. The Balaban J connectivity index is 1.40. The highest BCUT2D eigenvalue weighted by molar-refractivity contribution is 6.30. The van der Waals surface area contributed by atoms with Crippen LogP contribution in [0, 0.1) is 0 Å². The Morgan fingerprint density at radius 2 is 1.96 bits per heavy atom. The molecule has 1 amide bonds. The number of hydrogen-bond donors (Lipinski definition) is 0. The number of benzene rings is 1. The van der Waals surface area contributed by atoms with Crippen molar-refractivity contribution in [3.63, 3.8) is 0 Å². The second-order valence-corrected chi connectivity index (χ2v) is 6.87. The van der Waals surface area contributed by atoms with E-state index < -0.39 is 0 Å². The molecule has 1 aliphatic rings. The summed E-state index contributed by atoms with van der Waals surface area (Å²) < 4.78 is 11.1. The smallest absolute Gasteiger partial charge is 0.289 e. The molecule has 3 aromatic rings. The Morgan fingerprint density at radius 1 is 1.15 bits per heavy atom. The average Bonchev–Trinajstić information content (AvgIpc) is 3.39. The van der Waals surface area contributed by atoms with Crippen LogP contribution in [0.1, 0.15) is 29.4 Å². The molecule has 27 heavy (non-hydrogen) atoms. The van der Waals surface area contributed by atoms with Crippen LogP contribution in [-0.4, -0.2) is 52.1 Å². The number of aromatic nitrogens is 2. The second kappa shape index (κ2) is 7.54. The first-order valence-electron chi connectivity index (χ1n) is 8.78. The number of piperazine rings is 1. The number of rotatable bonds is 4. The predicted octanol–water partition coefficient (Wildman–Crippen LogP) is 3.50. The standard InChI is InChI=1S/C19H19ClN4O3/c1-13(17-21-22-18(27-17)14-4-2-5-15(20)12-14)23-7-9-24(10-8-23)19(25)16-6-3-11-26-16/h2-6,11-13H,7-10H2,1H3. The van der Waals surface area contributed by atoms with Gasteiger partial charge >= 0.3 is 0 Å². The monoisotopic (exact) mass is 386 g/mol. The molecule has 4 rings (SSSR count). The van der Waals surface area contributed by atoms with Gasteiger partial charge in [0.2, 0.25) is 11.8 Å². The Labute approximate surface area is 161 Å². The van der Waals surface area contributed by atoms with Gasteiger partial charge in [-0.05, 0) is 37.3 Å². The lowest BCUT2D eigenvalue weighted by Gasteiger charge is -2.36. The maximum atomic E-state index is 12.4. The summed E-state index contributed by atoms with van der Waals surface area (Å²) in [5, 5.41) is 8.96. The maximum absolute atomic E-state index is 12.4. The lowest BCUT2D eigenvalue weighted by molar-refractivity contribution is 0.0531. The topological polar surface area (TPSA) is 75.6 Å². The lowest BCUT2D eigenvalue weighted by Crippen LogP contribution is -2.49. The summed E-state index contributed by atoms with van der Waals surface area (Å²) >= 11 is 6.03. The van der Waals surface area contributed by atoms with Gasteiger partial charge in [0.25, 0.3) is 5.91 Å². The molecule has 8 heteroatoms. The molecule has 140 valence electrons. The van der Waals surface area contributed by atoms with Gasteiger partial charge in [0.1, 0.15) is 0 Å². The Kier molecular flexibility index (Phi) is 4.96. The molecule has 0 saturated carbocycles. The van der Waals surface area contributed by atoms with E-state index in [1.807, 2.05) is 19.1 Å². The third-order valence-electron chi connectivity index (χ3n) is 4.75. The summed E-state index contributed by atoms with van der Waals surface area (Å²) in [5.41, 5.74) is 0.794. The largest absolute Gasteiger partial charge is 0.459 e. The summed E-state index contributed by atoms with van der Waals surface area (Å²) in [6, 6.07) is 10.7. The van der Waals surface area contributed by atoms with Crippen molar-refractivity contribution in [2.24, 2.45) is 0 Å². The predicted molar refractivity (Wildman–Crippen MR) is 99.3 cm³/mol. The Hall–Kier alpha value is -2.64. The van der Waals surface area contributed by atoms with Crippen LogP contribution in [-0.2, 0) is 0 Å². The van der Waals surface area contributed by atoms with Crippen molar-refractivity contribution in [1.82, 2.24) is 20.0 Å². The van der Waals surface area contributed by atoms with Crippen LogP contribution in [0.15, 0.2) is 51.5 Å². The molecular formula is C19H19ClN4O3. The minimum atomic E-state index is -0.0756. The molecule has 1 fully saturated rings. The van der Waals surface area contributed by atoms with Gasteiger partial charge in [0.15, 0.2) is 5.76 Å². The first kappa shape index (κ1) is 17.8. The van der Waals surface area contributed by atoms with Gasteiger partial charge in [0.05, 0.1) is 12.3 Å². The Morgan fingerprint density at radius 3 is 2.67 bits per heavy atom. The number of amides is 1. The first-order valence-corrected chi connectivity index (χ1v) is 9.16. The number of furan rings is 1. The van der Waals surface area contributed by atoms with Gasteiger partial charge in [-0.15, -0.1) is 10.2 Å². The molecule has 1 unspecified atom stereocenters. The summed E-state index contributed by atoms with van der Waals surface area (Å²) in [7, 11) is 0. The quantitative estimate of drug-likeness (QED) is 0.683. The number of halogens is 1. The normalized spacial score (nSPS) is 16.4. The zero-order chi connectivity index (χ0) is 18.8. The molecular weight excluding hydrogens is 368 g/mol. The minimum absolute atomic E-state index is 0.0358. The highest BCUT2D eigenvalue weighted by atomic mass is 35.5. The van der Waals surface area contributed by atoms with E-state index in [9.17, 15) is 4.79 Å². The van der Waals surface area contributed by atoms with Crippen LogP contribution in [0.3, 0.4) is 0 Å². The Bertz CT molecular complexity index is 917. The van der Waals surface area contributed by atoms with Crippen molar-refractivity contribution in [2.45, 2.75) is 13.0 Å². The molecule has 3 heterocycles. The SMILES string of the molecule is CC(c1nnc(-c2cccc(Cl)c2)o1)N1CCN(C(=O)c2ccco2)CC1. The van der Waals surface area contributed by atoms with Crippen LogP contribution < -0.4 is 0 Å². The van der Waals surface area contributed by atoms with Crippen molar-refractivity contribution >= 4 is 17.5 Å². The zero-order valence-electron chi connectivity index (χ0n) is 14.8. The second-order valence-electron chi connectivity index (χ2n) is 6.44. The highest BCUT2D eigenvalue weighted by Crippen LogP contribution is 2.26.